The van der Waals surface area contributed by atoms with Gasteiger partial charge in [-0.25, -0.2) is 4.68 Å². The maximum atomic E-state index is 11.3. The van der Waals surface area contributed by atoms with Crippen LogP contribution in [-0.2, 0) is 11.3 Å². The summed E-state index contributed by atoms with van der Waals surface area (Å²) in [5.74, 6) is -0.191. The SMILES string of the molecule is O=C(O)C1(Cn2nnnc2-c2cc(I)ccc2Br)CC1. The first-order valence-corrected chi connectivity index (χ1v) is 7.84. The summed E-state index contributed by atoms with van der Waals surface area (Å²) < 4.78 is 3.53. The molecule has 3 rings (SSSR count). The summed E-state index contributed by atoms with van der Waals surface area (Å²) in [5.41, 5.74) is 0.168. The van der Waals surface area contributed by atoms with Gasteiger partial charge >= 0.3 is 5.97 Å². The van der Waals surface area contributed by atoms with Crippen LogP contribution in [0, 0.1) is 8.99 Å². The number of benzene rings is 1. The van der Waals surface area contributed by atoms with Crippen molar-refractivity contribution >= 4 is 44.5 Å². The first-order chi connectivity index (χ1) is 9.52. The zero-order chi connectivity index (χ0) is 14.3. The maximum absolute atomic E-state index is 11.3. The Balaban J connectivity index is 1.98. The average molecular weight is 449 g/mol. The van der Waals surface area contributed by atoms with Crippen molar-refractivity contribution in [1.29, 1.82) is 0 Å². The average Bonchev–Trinajstić information content (AvgIpc) is 3.05. The first-order valence-electron chi connectivity index (χ1n) is 5.97. The molecule has 0 atom stereocenters. The van der Waals surface area contributed by atoms with E-state index in [-0.39, 0.29) is 0 Å². The quantitative estimate of drug-likeness (QED) is 0.727. The van der Waals surface area contributed by atoms with E-state index >= 15 is 0 Å². The normalized spacial score (nSPS) is 16.1. The van der Waals surface area contributed by atoms with E-state index in [0.717, 1.165) is 13.6 Å². The highest BCUT2D eigenvalue weighted by molar-refractivity contribution is 14.1. The van der Waals surface area contributed by atoms with Crippen LogP contribution in [0.25, 0.3) is 11.4 Å². The number of nitrogens with zero attached hydrogens (tertiary/aromatic N) is 4. The molecule has 1 aromatic heterocycles. The predicted molar refractivity (Wildman–Crippen MR) is 83.0 cm³/mol. The Morgan fingerprint density at radius 2 is 2.25 bits per heavy atom. The third-order valence-electron chi connectivity index (χ3n) is 3.46. The lowest BCUT2D eigenvalue weighted by molar-refractivity contribution is -0.144. The van der Waals surface area contributed by atoms with Gasteiger partial charge in [0.2, 0.25) is 0 Å². The number of tetrazole rings is 1. The molecule has 1 fully saturated rings. The molecule has 0 bridgehead atoms. The Morgan fingerprint density at radius 3 is 2.90 bits per heavy atom. The number of aliphatic carboxylic acids is 1. The molecule has 0 aliphatic heterocycles. The molecular formula is C12H10BrIN4O2. The highest BCUT2D eigenvalue weighted by Crippen LogP contribution is 2.47. The predicted octanol–water partition coefficient (Wildman–Crippen LogP) is 2.57. The first kappa shape index (κ1) is 13.9. The molecule has 6 nitrogen and oxygen atoms in total. The van der Waals surface area contributed by atoms with Gasteiger partial charge in [0.05, 0.1) is 12.0 Å². The Labute approximate surface area is 136 Å². The summed E-state index contributed by atoms with van der Waals surface area (Å²) in [5, 5.41) is 20.9. The molecule has 8 heteroatoms. The van der Waals surface area contributed by atoms with E-state index in [1.807, 2.05) is 18.2 Å². The molecule has 1 heterocycles. The third-order valence-corrected chi connectivity index (χ3v) is 4.82. The molecule has 2 aromatic rings. The van der Waals surface area contributed by atoms with Crippen molar-refractivity contribution in [2.24, 2.45) is 5.41 Å². The van der Waals surface area contributed by atoms with Crippen molar-refractivity contribution in [3.05, 3.63) is 26.2 Å². The molecule has 0 radical (unpaired) electrons. The zero-order valence-corrected chi connectivity index (χ0v) is 14.0. The fourth-order valence-corrected chi connectivity index (χ4v) is 2.97. The van der Waals surface area contributed by atoms with Gasteiger partial charge in [0.1, 0.15) is 0 Å². The van der Waals surface area contributed by atoms with Gasteiger partial charge in [-0.05, 0) is 64.1 Å². The monoisotopic (exact) mass is 448 g/mol. The van der Waals surface area contributed by atoms with Crippen LogP contribution in [0.4, 0.5) is 0 Å². The maximum Gasteiger partial charge on any atom is 0.311 e. The summed E-state index contributed by atoms with van der Waals surface area (Å²) >= 11 is 5.70. The summed E-state index contributed by atoms with van der Waals surface area (Å²) in [4.78, 5) is 11.3. The minimum atomic E-state index is -0.777. The van der Waals surface area contributed by atoms with Crippen molar-refractivity contribution in [3.8, 4) is 11.4 Å². The van der Waals surface area contributed by atoms with Crippen molar-refractivity contribution in [2.45, 2.75) is 19.4 Å². The van der Waals surface area contributed by atoms with E-state index in [9.17, 15) is 9.90 Å². The van der Waals surface area contributed by atoms with E-state index in [0.29, 0.717) is 25.2 Å². The molecule has 1 aliphatic carbocycles. The molecule has 0 amide bonds. The van der Waals surface area contributed by atoms with Gasteiger partial charge < -0.3 is 5.11 Å². The van der Waals surface area contributed by atoms with Crippen LogP contribution < -0.4 is 0 Å². The van der Waals surface area contributed by atoms with E-state index in [1.165, 1.54) is 0 Å². The number of hydrogen-bond donors (Lipinski definition) is 1. The smallest absolute Gasteiger partial charge is 0.311 e. The molecule has 0 saturated heterocycles. The van der Waals surface area contributed by atoms with Crippen LogP contribution in [0.15, 0.2) is 22.7 Å². The van der Waals surface area contributed by atoms with Crippen molar-refractivity contribution < 1.29 is 9.90 Å². The lowest BCUT2D eigenvalue weighted by atomic mass is 10.1. The van der Waals surface area contributed by atoms with Gasteiger partial charge in [-0.2, -0.15) is 0 Å². The van der Waals surface area contributed by atoms with Crippen LogP contribution >= 0.6 is 38.5 Å². The van der Waals surface area contributed by atoms with Gasteiger partial charge in [-0.1, -0.05) is 15.9 Å². The van der Waals surface area contributed by atoms with Crippen molar-refractivity contribution in [1.82, 2.24) is 20.2 Å². The summed E-state index contributed by atoms with van der Waals surface area (Å²) in [6, 6.07) is 5.87. The molecule has 0 spiro atoms. The van der Waals surface area contributed by atoms with Gasteiger partial charge in [0, 0.05) is 13.6 Å². The van der Waals surface area contributed by atoms with Gasteiger partial charge in [0.15, 0.2) is 5.82 Å². The number of hydrogen-bond acceptors (Lipinski definition) is 4. The molecule has 0 unspecified atom stereocenters. The highest BCUT2D eigenvalue weighted by atomic mass is 127. The van der Waals surface area contributed by atoms with Crippen LogP contribution in [0.5, 0.6) is 0 Å². The molecule has 1 N–H and O–H groups in total. The van der Waals surface area contributed by atoms with Crippen LogP contribution in [0.1, 0.15) is 12.8 Å². The third kappa shape index (κ3) is 2.46. The number of rotatable bonds is 4. The van der Waals surface area contributed by atoms with Crippen LogP contribution in [0.2, 0.25) is 0 Å². The molecule has 1 aromatic carbocycles. The van der Waals surface area contributed by atoms with Crippen molar-refractivity contribution in [2.75, 3.05) is 0 Å². The molecule has 1 aliphatic rings. The molecule has 20 heavy (non-hydrogen) atoms. The number of carbonyl (C=O) groups is 1. The van der Waals surface area contributed by atoms with Crippen molar-refractivity contribution in [3.63, 3.8) is 0 Å². The lowest BCUT2D eigenvalue weighted by Crippen LogP contribution is -2.22. The summed E-state index contributed by atoms with van der Waals surface area (Å²) in [6.07, 6.45) is 1.35. The molecule has 1 saturated carbocycles. The summed E-state index contributed by atoms with van der Waals surface area (Å²) in [6.45, 7) is 0.308. The Hall–Kier alpha value is -1.03. The summed E-state index contributed by atoms with van der Waals surface area (Å²) in [7, 11) is 0. The largest absolute Gasteiger partial charge is 0.481 e. The highest BCUT2D eigenvalue weighted by Gasteiger charge is 2.51. The minimum absolute atomic E-state index is 0.308. The Kier molecular flexibility index (Phi) is 3.53. The zero-order valence-electron chi connectivity index (χ0n) is 10.3. The molecule has 104 valence electrons. The lowest BCUT2D eigenvalue weighted by Gasteiger charge is -2.11. The van der Waals surface area contributed by atoms with E-state index in [2.05, 4.69) is 54.0 Å². The number of halogens is 2. The van der Waals surface area contributed by atoms with Crippen LogP contribution in [0.3, 0.4) is 0 Å². The topological polar surface area (TPSA) is 80.9 Å². The minimum Gasteiger partial charge on any atom is -0.481 e. The standard InChI is InChI=1S/C12H10BrIN4O2/c13-9-2-1-7(14)5-8(9)10-15-16-17-18(10)6-12(3-4-12)11(19)20/h1-2,5H,3-4,6H2,(H,19,20). The van der Waals surface area contributed by atoms with Gasteiger partial charge in [-0.15, -0.1) is 5.10 Å². The number of carboxylic acid groups (broad SMARTS) is 1. The number of aromatic nitrogens is 4. The van der Waals surface area contributed by atoms with Gasteiger partial charge in [-0.3, -0.25) is 4.79 Å². The number of carboxylic acids is 1. The van der Waals surface area contributed by atoms with E-state index in [1.54, 1.807) is 4.68 Å². The Morgan fingerprint density at radius 1 is 1.50 bits per heavy atom. The fraction of sp³-hybridized carbons (Fsp3) is 0.333. The molecular weight excluding hydrogens is 439 g/mol. The van der Waals surface area contributed by atoms with Gasteiger partial charge in [0.25, 0.3) is 0 Å². The second-order valence-corrected chi connectivity index (χ2v) is 6.97. The van der Waals surface area contributed by atoms with E-state index < -0.39 is 11.4 Å². The fourth-order valence-electron chi connectivity index (χ4n) is 2.05. The van der Waals surface area contributed by atoms with E-state index in [4.69, 9.17) is 0 Å². The second-order valence-electron chi connectivity index (χ2n) is 4.87. The second kappa shape index (κ2) is 5.06. The van der Waals surface area contributed by atoms with Crippen LogP contribution in [-0.4, -0.2) is 31.3 Å². The Bertz CT molecular complexity index is 684.